The molecule has 0 saturated carbocycles. The van der Waals surface area contributed by atoms with Crippen molar-refractivity contribution in [2.45, 2.75) is 6.92 Å². The third kappa shape index (κ3) is 2.72. The molecule has 2 aromatic rings. The van der Waals surface area contributed by atoms with Gasteiger partial charge in [-0.05, 0) is 42.6 Å². The predicted molar refractivity (Wildman–Crippen MR) is 84.9 cm³/mol. The highest BCUT2D eigenvalue weighted by Crippen LogP contribution is 2.27. The van der Waals surface area contributed by atoms with Gasteiger partial charge in [-0.3, -0.25) is 0 Å². The first kappa shape index (κ1) is 12.8. The van der Waals surface area contributed by atoms with Crippen molar-refractivity contribution in [3.05, 3.63) is 45.6 Å². The topological polar surface area (TPSA) is 6.48 Å². The number of hydrogen-bond donors (Lipinski definition) is 0. The van der Waals surface area contributed by atoms with E-state index < -0.39 is 0 Å². The molecule has 0 bridgehead atoms. The van der Waals surface area contributed by atoms with Gasteiger partial charge in [0.15, 0.2) is 0 Å². The molecule has 1 aromatic heterocycles. The predicted octanol–water partition coefficient (Wildman–Crippen LogP) is 4.04. The van der Waals surface area contributed by atoms with Crippen LogP contribution in [0.5, 0.6) is 0 Å². The molecule has 0 aliphatic carbocycles. The Labute approximate surface area is 123 Å². The standard InChI is InChI=1S/C15H17ClN2S/c1-12-15(6-11-19-12)18-9-7-17(8-10-18)14-4-2-13(16)3-5-14/h2-6,11H,7-10H2,1H3. The van der Waals surface area contributed by atoms with E-state index in [9.17, 15) is 0 Å². The number of piperazine rings is 1. The molecule has 0 radical (unpaired) electrons. The third-order valence-corrected chi connectivity index (χ3v) is 4.73. The molecule has 0 N–H and O–H groups in total. The van der Waals surface area contributed by atoms with E-state index in [4.69, 9.17) is 11.6 Å². The summed E-state index contributed by atoms with van der Waals surface area (Å²) < 4.78 is 0. The maximum atomic E-state index is 5.93. The Kier molecular flexibility index (Phi) is 3.67. The number of nitrogens with zero attached hydrogens (tertiary/aromatic N) is 2. The number of anilines is 2. The third-order valence-electron chi connectivity index (χ3n) is 3.64. The molecule has 1 saturated heterocycles. The second-order valence-corrected chi connectivity index (χ2v) is 6.37. The molecule has 2 heterocycles. The van der Waals surface area contributed by atoms with Gasteiger partial charge in [-0.15, -0.1) is 11.3 Å². The van der Waals surface area contributed by atoms with Gasteiger partial charge in [0.25, 0.3) is 0 Å². The number of rotatable bonds is 2. The fourth-order valence-corrected chi connectivity index (χ4v) is 3.41. The second-order valence-electron chi connectivity index (χ2n) is 4.81. The van der Waals surface area contributed by atoms with Gasteiger partial charge < -0.3 is 9.80 Å². The van der Waals surface area contributed by atoms with Crippen molar-refractivity contribution in [3.8, 4) is 0 Å². The Morgan fingerprint density at radius 1 is 0.947 bits per heavy atom. The van der Waals surface area contributed by atoms with Crippen molar-refractivity contribution in [1.29, 1.82) is 0 Å². The van der Waals surface area contributed by atoms with Crippen LogP contribution in [0.15, 0.2) is 35.7 Å². The Morgan fingerprint density at radius 2 is 1.58 bits per heavy atom. The molecule has 0 unspecified atom stereocenters. The smallest absolute Gasteiger partial charge is 0.0505 e. The molecule has 1 aromatic carbocycles. The van der Waals surface area contributed by atoms with Crippen LogP contribution in [0.3, 0.4) is 0 Å². The minimum atomic E-state index is 0.802. The lowest BCUT2D eigenvalue weighted by Gasteiger charge is -2.37. The summed E-state index contributed by atoms with van der Waals surface area (Å²) in [5.74, 6) is 0. The van der Waals surface area contributed by atoms with E-state index in [0.717, 1.165) is 31.2 Å². The van der Waals surface area contributed by atoms with Crippen LogP contribution in [0.1, 0.15) is 4.88 Å². The number of hydrogen-bond acceptors (Lipinski definition) is 3. The van der Waals surface area contributed by atoms with Crippen molar-refractivity contribution in [2.75, 3.05) is 36.0 Å². The molecule has 4 heteroatoms. The van der Waals surface area contributed by atoms with Crippen molar-refractivity contribution < 1.29 is 0 Å². The minimum absolute atomic E-state index is 0.802. The zero-order valence-electron chi connectivity index (χ0n) is 11.0. The number of thiophene rings is 1. The monoisotopic (exact) mass is 292 g/mol. The summed E-state index contributed by atoms with van der Waals surface area (Å²) in [6.07, 6.45) is 0. The van der Waals surface area contributed by atoms with Gasteiger partial charge in [0.05, 0.1) is 5.69 Å². The van der Waals surface area contributed by atoms with Gasteiger partial charge in [-0.1, -0.05) is 11.6 Å². The fourth-order valence-electron chi connectivity index (χ4n) is 2.56. The van der Waals surface area contributed by atoms with Crippen molar-refractivity contribution >= 4 is 34.3 Å². The van der Waals surface area contributed by atoms with Gasteiger partial charge >= 0.3 is 0 Å². The van der Waals surface area contributed by atoms with Gasteiger partial charge in [0, 0.05) is 41.8 Å². The lowest BCUT2D eigenvalue weighted by Crippen LogP contribution is -2.46. The fraction of sp³-hybridized carbons (Fsp3) is 0.333. The minimum Gasteiger partial charge on any atom is -0.368 e. The van der Waals surface area contributed by atoms with E-state index in [1.807, 2.05) is 23.5 Å². The largest absolute Gasteiger partial charge is 0.368 e. The van der Waals surface area contributed by atoms with Crippen LogP contribution in [0.25, 0.3) is 0 Å². The SMILES string of the molecule is Cc1sccc1N1CCN(c2ccc(Cl)cc2)CC1. The first-order valence-corrected chi connectivity index (χ1v) is 7.79. The first-order chi connectivity index (χ1) is 9.24. The van der Waals surface area contributed by atoms with Crippen LogP contribution in [0, 0.1) is 6.92 Å². The summed E-state index contributed by atoms with van der Waals surface area (Å²) in [5.41, 5.74) is 2.67. The summed E-state index contributed by atoms with van der Waals surface area (Å²) in [6.45, 7) is 6.50. The first-order valence-electron chi connectivity index (χ1n) is 6.53. The van der Waals surface area contributed by atoms with Crippen LogP contribution in [-0.2, 0) is 0 Å². The number of aryl methyl sites for hydroxylation is 1. The molecule has 3 rings (SSSR count). The van der Waals surface area contributed by atoms with Gasteiger partial charge in [-0.2, -0.15) is 0 Å². The average molecular weight is 293 g/mol. The highest BCUT2D eigenvalue weighted by molar-refractivity contribution is 7.10. The molecule has 19 heavy (non-hydrogen) atoms. The van der Waals surface area contributed by atoms with E-state index in [-0.39, 0.29) is 0 Å². The van der Waals surface area contributed by atoms with Crippen LogP contribution in [-0.4, -0.2) is 26.2 Å². The maximum Gasteiger partial charge on any atom is 0.0505 e. The highest BCUT2D eigenvalue weighted by atomic mass is 35.5. The van der Waals surface area contributed by atoms with Gasteiger partial charge in [0.2, 0.25) is 0 Å². The molecule has 2 nitrogen and oxygen atoms in total. The average Bonchev–Trinajstić information content (AvgIpc) is 2.86. The molecular formula is C15H17ClN2S. The zero-order chi connectivity index (χ0) is 13.2. The summed E-state index contributed by atoms with van der Waals surface area (Å²) in [7, 11) is 0. The van der Waals surface area contributed by atoms with E-state index in [1.165, 1.54) is 16.3 Å². The van der Waals surface area contributed by atoms with E-state index in [2.05, 4.69) is 40.3 Å². The summed E-state index contributed by atoms with van der Waals surface area (Å²) in [4.78, 5) is 6.33. The Hall–Kier alpha value is -1.19. The normalized spacial score (nSPS) is 15.9. The summed E-state index contributed by atoms with van der Waals surface area (Å²) in [6, 6.07) is 10.4. The van der Waals surface area contributed by atoms with E-state index >= 15 is 0 Å². The quantitative estimate of drug-likeness (QED) is 0.824. The van der Waals surface area contributed by atoms with E-state index in [0.29, 0.717) is 0 Å². The van der Waals surface area contributed by atoms with Crippen molar-refractivity contribution in [1.82, 2.24) is 0 Å². The number of halogens is 1. The number of benzene rings is 1. The maximum absolute atomic E-state index is 5.93. The molecule has 0 spiro atoms. The molecule has 0 atom stereocenters. The lowest BCUT2D eigenvalue weighted by atomic mass is 10.2. The van der Waals surface area contributed by atoms with Gasteiger partial charge in [-0.25, -0.2) is 0 Å². The molecule has 1 aliphatic heterocycles. The highest BCUT2D eigenvalue weighted by Gasteiger charge is 2.18. The molecule has 1 fully saturated rings. The van der Waals surface area contributed by atoms with Gasteiger partial charge in [0.1, 0.15) is 0 Å². The van der Waals surface area contributed by atoms with Crippen molar-refractivity contribution in [2.24, 2.45) is 0 Å². The van der Waals surface area contributed by atoms with Crippen LogP contribution >= 0.6 is 22.9 Å². The summed E-state index contributed by atoms with van der Waals surface area (Å²) >= 11 is 7.76. The Balaban J connectivity index is 1.66. The van der Waals surface area contributed by atoms with Crippen LogP contribution in [0.4, 0.5) is 11.4 Å². The molecule has 1 aliphatic rings. The Bertz CT molecular complexity index is 542. The molecule has 100 valence electrons. The van der Waals surface area contributed by atoms with Crippen LogP contribution < -0.4 is 9.80 Å². The van der Waals surface area contributed by atoms with E-state index in [1.54, 1.807) is 0 Å². The second kappa shape index (κ2) is 5.43. The summed E-state index contributed by atoms with van der Waals surface area (Å²) in [5, 5.41) is 2.98. The zero-order valence-corrected chi connectivity index (χ0v) is 12.5. The van der Waals surface area contributed by atoms with Crippen LogP contribution in [0.2, 0.25) is 5.02 Å². The molecular weight excluding hydrogens is 276 g/mol. The lowest BCUT2D eigenvalue weighted by molar-refractivity contribution is 0.653. The van der Waals surface area contributed by atoms with Crippen molar-refractivity contribution in [3.63, 3.8) is 0 Å². The Morgan fingerprint density at radius 3 is 2.16 bits per heavy atom. The molecule has 0 amide bonds.